The summed E-state index contributed by atoms with van der Waals surface area (Å²) in [6, 6.07) is 30.5. The first-order valence-corrected chi connectivity index (χ1v) is 26.0. The molecule has 0 aromatic heterocycles. The maximum Gasteiger partial charge on any atom is 0.261 e. The Labute approximate surface area is 408 Å². The normalized spacial score (nSPS) is 17.7. The van der Waals surface area contributed by atoms with Crippen LogP contribution in [0.25, 0.3) is 0 Å². The lowest BCUT2D eigenvalue weighted by molar-refractivity contribution is 0.101. The van der Waals surface area contributed by atoms with E-state index in [9.17, 15) is 22.8 Å². The third-order valence-electron chi connectivity index (χ3n) is 15.5. The standard InChI is InChI=1S/C59H64N4O5S/c1-35-25-46-26-36(2)51(35)60-55(64)43-17-15-18-44(33-43)56(65)61-52-37(3)27-48(28-38(52)4)59(23-13-10-14-24-59)49-31-41(7)54(42(8)32-49)63-69(67,68)50-20-16-19-45(34-50)57(66)62-53-39(5)29-47(30-40(53)6)58(46)21-11-9-12-22-58/h15-20,25-34,63H,9-14,21-24H2,1-8H3,(H,60,64)(H,61,65)(H,62,66). The van der Waals surface area contributed by atoms with Gasteiger partial charge in [0.2, 0.25) is 0 Å². The van der Waals surface area contributed by atoms with Gasteiger partial charge < -0.3 is 16.0 Å². The van der Waals surface area contributed by atoms with Crippen LogP contribution in [0, 0.1) is 55.4 Å². The zero-order chi connectivity index (χ0) is 49.0. The van der Waals surface area contributed by atoms with Crippen LogP contribution in [0.1, 0.15) is 162 Å². The molecule has 0 saturated heterocycles. The number of carbonyl (C=O) groups is 3. The molecule has 3 amide bonds. The number of rotatable bonds is 0. The molecule has 10 heteroatoms. The summed E-state index contributed by atoms with van der Waals surface area (Å²) in [5, 5.41) is 9.52. The van der Waals surface area contributed by atoms with Gasteiger partial charge in [-0.05, 0) is 184 Å². The minimum absolute atomic E-state index is 0.00203. The van der Waals surface area contributed by atoms with E-state index in [0.29, 0.717) is 22.5 Å². The third-order valence-corrected chi connectivity index (χ3v) is 16.8. The summed E-state index contributed by atoms with van der Waals surface area (Å²) in [7, 11) is -4.10. The highest BCUT2D eigenvalue weighted by Crippen LogP contribution is 2.49. The molecule has 2 fully saturated rings. The molecule has 2 aliphatic carbocycles. The average molecular weight is 941 g/mol. The quantitative estimate of drug-likeness (QED) is 0.120. The first-order chi connectivity index (χ1) is 32.9. The van der Waals surface area contributed by atoms with Crippen molar-refractivity contribution < 1.29 is 22.8 Å². The van der Waals surface area contributed by atoms with Crippen molar-refractivity contribution in [1.29, 1.82) is 0 Å². The Bertz CT molecular complexity index is 3100. The molecule has 12 aliphatic rings. The van der Waals surface area contributed by atoms with Crippen molar-refractivity contribution in [1.82, 2.24) is 0 Å². The Hall–Kier alpha value is -6.52. The average Bonchev–Trinajstić information content (AvgIpc) is 3.33. The summed E-state index contributed by atoms with van der Waals surface area (Å²) in [5.41, 5.74) is 15.0. The number of amides is 3. The molecule has 6 aromatic rings. The zero-order valence-electron chi connectivity index (χ0n) is 41.3. The Kier molecular flexibility index (Phi) is 12.7. The predicted molar refractivity (Wildman–Crippen MR) is 279 cm³/mol. The van der Waals surface area contributed by atoms with E-state index in [0.717, 1.165) is 131 Å². The highest BCUT2D eigenvalue weighted by Gasteiger charge is 2.39. The first-order valence-electron chi connectivity index (χ1n) is 24.5. The van der Waals surface area contributed by atoms with Gasteiger partial charge in [0, 0.05) is 44.6 Å². The van der Waals surface area contributed by atoms with Crippen LogP contribution < -0.4 is 20.7 Å². The summed E-state index contributed by atoms with van der Waals surface area (Å²) in [6.07, 6.45) is 10.3. The van der Waals surface area contributed by atoms with Crippen LogP contribution in [0.15, 0.2) is 102 Å². The number of hydrogen-bond donors (Lipinski definition) is 4. The van der Waals surface area contributed by atoms with Crippen molar-refractivity contribution in [3.8, 4) is 0 Å². The second-order valence-corrected chi connectivity index (χ2v) is 22.0. The van der Waals surface area contributed by atoms with Crippen LogP contribution in [0.4, 0.5) is 22.7 Å². The van der Waals surface area contributed by atoms with Gasteiger partial charge in [-0.1, -0.05) is 99.2 Å². The minimum Gasteiger partial charge on any atom is -0.322 e. The molecule has 356 valence electrons. The van der Waals surface area contributed by atoms with E-state index in [-0.39, 0.29) is 33.1 Å². The van der Waals surface area contributed by atoms with E-state index < -0.39 is 15.9 Å². The Morgan fingerprint density at radius 2 is 0.667 bits per heavy atom. The summed E-state index contributed by atoms with van der Waals surface area (Å²) in [6.45, 7) is 16.0. The molecule has 10 aliphatic heterocycles. The number of hydrogen-bond acceptors (Lipinski definition) is 5. The zero-order valence-corrected chi connectivity index (χ0v) is 42.1. The van der Waals surface area contributed by atoms with Crippen molar-refractivity contribution in [3.63, 3.8) is 0 Å². The fourth-order valence-corrected chi connectivity index (χ4v) is 13.1. The maximum atomic E-state index is 14.2. The predicted octanol–water partition coefficient (Wildman–Crippen LogP) is 13.5. The molecule has 0 unspecified atom stereocenters. The van der Waals surface area contributed by atoms with Crippen LogP contribution in [-0.2, 0) is 20.9 Å². The molecule has 0 atom stereocenters. The number of aryl methyl sites for hydroxylation is 8. The third kappa shape index (κ3) is 8.88. The van der Waals surface area contributed by atoms with Crippen LogP contribution >= 0.6 is 0 Å². The molecular formula is C59H64N4O5S. The molecule has 2 spiro atoms. The van der Waals surface area contributed by atoms with E-state index >= 15 is 0 Å². The van der Waals surface area contributed by atoms with Crippen LogP contribution in [0.3, 0.4) is 0 Å². The van der Waals surface area contributed by atoms with E-state index in [2.05, 4.69) is 69.2 Å². The van der Waals surface area contributed by atoms with E-state index in [4.69, 9.17) is 0 Å². The van der Waals surface area contributed by atoms with Crippen molar-refractivity contribution in [3.05, 3.63) is 181 Å². The van der Waals surface area contributed by atoms with Gasteiger partial charge in [0.05, 0.1) is 10.6 Å². The molecule has 4 N–H and O–H groups in total. The van der Waals surface area contributed by atoms with E-state index in [1.165, 1.54) is 23.3 Å². The van der Waals surface area contributed by atoms with Gasteiger partial charge in [-0.15, -0.1) is 0 Å². The maximum absolute atomic E-state index is 14.2. The fourth-order valence-electron chi connectivity index (χ4n) is 11.9. The Balaban J connectivity index is 1.15. The fraction of sp³-hybridized carbons (Fsp3) is 0.339. The summed E-state index contributed by atoms with van der Waals surface area (Å²) < 4.78 is 31.4. The number of carbonyl (C=O) groups excluding carboxylic acids is 3. The van der Waals surface area contributed by atoms with Gasteiger partial charge >= 0.3 is 0 Å². The number of nitrogens with one attached hydrogen (secondary N) is 4. The summed E-state index contributed by atoms with van der Waals surface area (Å²) in [5.74, 6) is -0.980. The smallest absolute Gasteiger partial charge is 0.261 e. The lowest BCUT2D eigenvalue weighted by Gasteiger charge is -2.40. The molecule has 18 rings (SSSR count). The summed E-state index contributed by atoms with van der Waals surface area (Å²) in [4.78, 5) is 42.2. The number of sulfonamides is 1. The van der Waals surface area contributed by atoms with Crippen LogP contribution in [0.5, 0.6) is 0 Å². The van der Waals surface area contributed by atoms with Gasteiger partial charge in [-0.3, -0.25) is 19.1 Å². The van der Waals surface area contributed by atoms with E-state index in [1.807, 2.05) is 55.4 Å². The first kappa shape index (κ1) is 47.5. The van der Waals surface area contributed by atoms with Crippen LogP contribution in [-0.4, -0.2) is 26.1 Å². The minimum atomic E-state index is -4.10. The lowest BCUT2D eigenvalue weighted by Crippen LogP contribution is -2.31. The lowest BCUT2D eigenvalue weighted by atomic mass is 9.64. The molecule has 12 bridgehead atoms. The SMILES string of the molecule is Cc1cc2cc(C)c1NC(=O)c1cccc(c1)C(=O)Nc1c(C)cc(cc1C)C1(CCCCC1)c1cc(C)c(c(C)c1)NS(=O)(=O)c1cccc(c1)C(=O)Nc1c(C)cc(cc1C)C21CCCCC1. The van der Waals surface area contributed by atoms with Crippen molar-refractivity contribution in [2.75, 3.05) is 20.7 Å². The largest absolute Gasteiger partial charge is 0.322 e. The van der Waals surface area contributed by atoms with Gasteiger partial charge in [0.1, 0.15) is 0 Å². The van der Waals surface area contributed by atoms with Crippen LogP contribution in [0.2, 0.25) is 0 Å². The van der Waals surface area contributed by atoms with Gasteiger partial charge in [0.15, 0.2) is 0 Å². The molecular weight excluding hydrogens is 877 g/mol. The van der Waals surface area contributed by atoms with Gasteiger partial charge in [0.25, 0.3) is 27.7 Å². The summed E-state index contributed by atoms with van der Waals surface area (Å²) >= 11 is 0. The molecule has 10 heterocycles. The van der Waals surface area contributed by atoms with E-state index in [1.54, 1.807) is 36.4 Å². The monoisotopic (exact) mass is 940 g/mol. The highest BCUT2D eigenvalue weighted by molar-refractivity contribution is 7.92. The number of anilines is 4. The highest BCUT2D eigenvalue weighted by atomic mass is 32.2. The molecule has 9 nitrogen and oxygen atoms in total. The topological polar surface area (TPSA) is 133 Å². The number of benzene rings is 6. The Morgan fingerprint density at radius 3 is 1.00 bits per heavy atom. The van der Waals surface area contributed by atoms with Crippen molar-refractivity contribution in [2.45, 2.75) is 135 Å². The van der Waals surface area contributed by atoms with Gasteiger partial charge in [-0.25, -0.2) is 8.42 Å². The molecule has 6 aromatic carbocycles. The molecule has 0 radical (unpaired) electrons. The Morgan fingerprint density at radius 1 is 0.377 bits per heavy atom. The van der Waals surface area contributed by atoms with Crippen molar-refractivity contribution in [2.24, 2.45) is 0 Å². The second kappa shape index (κ2) is 18.4. The second-order valence-electron chi connectivity index (χ2n) is 20.3. The molecule has 2 saturated carbocycles. The molecule has 69 heavy (non-hydrogen) atoms. The van der Waals surface area contributed by atoms with Crippen molar-refractivity contribution >= 4 is 50.5 Å². The van der Waals surface area contributed by atoms with Gasteiger partial charge in [-0.2, -0.15) is 0 Å².